The maximum absolute atomic E-state index is 11.0. The average molecular weight is 509 g/mol. The van der Waals surface area contributed by atoms with Crippen LogP contribution >= 0.6 is 11.3 Å². The molecule has 6 nitrogen and oxygen atoms in total. The van der Waals surface area contributed by atoms with E-state index in [-0.39, 0.29) is 6.42 Å². The number of fused-ring (bicyclic) bond motifs is 1. The summed E-state index contributed by atoms with van der Waals surface area (Å²) < 4.78 is 1.19. The van der Waals surface area contributed by atoms with E-state index in [0.29, 0.717) is 24.7 Å². The highest BCUT2D eigenvalue weighted by Crippen LogP contribution is 2.28. The van der Waals surface area contributed by atoms with Crippen molar-refractivity contribution in [3.8, 4) is 0 Å². The number of rotatable bonds is 9. The van der Waals surface area contributed by atoms with Crippen molar-refractivity contribution >= 4 is 39.2 Å². The molecule has 0 bridgehead atoms. The predicted molar refractivity (Wildman–Crippen MR) is 149 cm³/mol. The second-order valence-corrected chi connectivity index (χ2v) is 10.5. The van der Waals surface area contributed by atoms with Crippen LogP contribution in [-0.2, 0) is 24.1 Å². The summed E-state index contributed by atoms with van der Waals surface area (Å²) in [6, 6.07) is 26.1. The standard InChI is InChI=1S/C30H28N4O2S/c1-19(2)22-10-13-26-27(16-22)37-28(34-26)18-25-17-24(14-20-6-4-3-5-7-20)32-30(33-25)31-23-11-8-21(9-12-23)15-29(35)36/h3-13,16-17,19H,14-15,18H2,1-2H3,(H,35,36)(H,31,32,33). The largest absolute Gasteiger partial charge is 0.481 e. The van der Waals surface area contributed by atoms with E-state index >= 15 is 0 Å². The minimum absolute atomic E-state index is 0.00564. The van der Waals surface area contributed by atoms with Crippen molar-refractivity contribution in [2.45, 2.75) is 39.0 Å². The molecular weight excluding hydrogens is 480 g/mol. The summed E-state index contributed by atoms with van der Waals surface area (Å²) in [7, 11) is 0. The van der Waals surface area contributed by atoms with E-state index in [0.717, 1.165) is 33.2 Å². The van der Waals surface area contributed by atoms with E-state index in [1.165, 1.54) is 15.8 Å². The predicted octanol–water partition coefficient (Wildman–Crippen LogP) is 6.76. The number of nitrogens with one attached hydrogen (secondary N) is 1. The van der Waals surface area contributed by atoms with Crippen LogP contribution in [0.2, 0.25) is 0 Å². The first-order valence-electron chi connectivity index (χ1n) is 12.3. The number of hydrogen-bond acceptors (Lipinski definition) is 6. The van der Waals surface area contributed by atoms with Gasteiger partial charge in [0.2, 0.25) is 5.95 Å². The second kappa shape index (κ2) is 10.9. The van der Waals surface area contributed by atoms with E-state index in [1.54, 1.807) is 23.5 Å². The number of aliphatic carboxylic acids is 1. The molecule has 7 heteroatoms. The Labute approximate surface area is 220 Å². The molecule has 5 aromatic rings. The highest BCUT2D eigenvalue weighted by Gasteiger charge is 2.12. The van der Waals surface area contributed by atoms with Gasteiger partial charge in [-0.15, -0.1) is 11.3 Å². The van der Waals surface area contributed by atoms with Gasteiger partial charge in [0, 0.05) is 18.5 Å². The minimum atomic E-state index is -0.849. The third-order valence-electron chi connectivity index (χ3n) is 6.08. The Morgan fingerprint density at radius 1 is 0.865 bits per heavy atom. The van der Waals surface area contributed by atoms with Gasteiger partial charge in [0.05, 0.1) is 33.0 Å². The van der Waals surface area contributed by atoms with Gasteiger partial charge in [-0.05, 0) is 52.9 Å². The maximum Gasteiger partial charge on any atom is 0.307 e. The maximum atomic E-state index is 11.0. The minimum Gasteiger partial charge on any atom is -0.481 e. The molecule has 0 aliphatic heterocycles. The van der Waals surface area contributed by atoms with Crippen molar-refractivity contribution in [2.75, 3.05) is 5.32 Å². The van der Waals surface area contributed by atoms with E-state index in [9.17, 15) is 4.79 Å². The summed E-state index contributed by atoms with van der Waals surface area (Å²) in [5.74, 6) is 0.138. The first-order valence-corrected chi connectivity index (χ1v) is 13.1. The topological polar surface area (TPSA) is 88.0 Å². The van der Waals surface area contributed by atoms with E-state index in [4.69, 9.17) is 20.1 Å². The summed E-state index contributed by atoms with van der Waals surface area (Å²) in [4.78, 5) is 25.4. The normalized spacial score (nSPS) is 11.2. The third-order valence-corrected chi connectivity index (χ3v) is 7.10. The highest BCUT2D eigenvalue weighted by atomic mass is 32.1. The van der Waals surface area contributed by atoms with Gasteiger partial charge in [0.15, 0.2) is 0 Å². The van der Waals surface area contributed by atoms with Crippen LogP contribution < -0.4 is 5.32 Å². The smallest absolute Gasteiger partial charge is 0.307 e. The number of benzene rings is 3. The SMILES string of the molecule is CC(C)c1ccc2nc(Cc3cc(Cc4ccccc4)nc(Nc4ccc(CC(=O)O)cc4)n3)sc2c1. The molecule has 0 radical (unpaired) electrons. The lowest BCUT2D eigenvalue weighted by Crippen LogP contribution is -2.05. The molecule has 2 N–H and O–H groups in total. The van der Waals surface area contributed by atoms with Crippen molar-refractivity contribution in [3.05, 3.63) is 112 Å². The van der Waals surface area contributed by atoms with Crippen molar-refractivity contribution < 1.29 is 9.90 Å². The van der Waals surface area contributed by atoms with E-state index in [2.05, 4.69) is 55.6 Å². The zero-order valence-corrected chi connectivity index (χ0v) is 21.6. The number of carboxylic acids is 1. The molecule has 0 spiro atoms. The fourth-order valence-corrected chi connectivity index (χ4v) is 5.22. The van der Waals surface area contributed by atoms with E-state index < -0.39 is 5.97 Å². The number of hydrogen-bond donors (Lipinski definition) is 2. The van der Waals surface area contributed by atoms with Crippen LogP contribution in [0.4, 0.5) is 11.6 Å². The van der Waals surface area contributed by atoms with Crippen LogP contribution in [-0.4, -0.2) is 26.0 Å². The van der Waals surface area contributed by atoms with Crippen molar-refractivity contribution in [3.63, 3.8) is 0 Å². The highest BCUT2D eigenvalue weighted by molar-refractivity contribution is 7.18. The van der Waals surface area contributed by atoms with Crippen LogP contribution in [0, 0.1) is 0 Å². The third kappa shape index (κ3) is 6.37. The lowest BCUT2D eigenvalue weighted by molar-refractivity contribution is -0.136. The van der Waals surface area contributed by atoms with Gasteiger partial charge in [0.1, 0.15) is 0 Å². The summed E-state index contributed by atoms with van der Waals surface area (Å²) in [6.45, 7) is 4.40. The molecule has 2 heterocycles. The Balaban J connectivity index is 1.43. The number of thiazole rings is 1. The van der Waals surface area contributed by atoms with E-state index in [1.807, 2.05) is 30.3 Å². The first kappa shape index (κ1) is 24.6. The van der Waals surface area contributed by atoms with Crippen LogP contribution in [0.1, 0.15) is 52.9 Å². The Kier molecular flexibility index (Phi) is 7.23. The van der Waals surface area contributed by atoms with Gasteiger partial charge >= 0.3 is 5.97 Å². The molecule has 0 saturated carbocycles. The number of aromatic nitrogens is 3. The summed E-state index contributed by atoms with van der Waals surface area (Å²) >= 11 is 1.71. The van der Waals surface area contributed by atoms with Crippen LogP contribution in [0.25, 0.3) is 10.2 Å². The lowest BCUT2D eigenvalue weighted by atomic mass is 10.0. The molecule has 0 aliphatic carbocycles. The van der Waals surface area contributed by atoms with Gasteiger partial charge in [-0.25, -0.2) is 15.0 Å². The molecule has 0 saturated heterocycles. The quantitative estimate of drug-likeness (QED) is 0.229. The van der Waals surface area contributed by atoms with Gasteiger partial charge < -0.3 is 10.4 Å². The molecule has 3 aromatic carbocycles. The summed E-state index contributed by atoms with van der Waals surface area (Å²) in [6.07, 6.45) is 1.31. The zero-order chi connectivity index (χ0) is 25.8. The molecule has 186 valence electrons. The number of carboxylic acid groups (broad SMARTS) is 1. The van der Waals surface area contributed by atoms with Crippen molar-refractivity contribution in [1.29, 1.82) is 0 Å². The Morgan fingerprint density at radius 2 is 1.59 bits per heavy atom. The molecule has 0 aliphatic rings. The zero-order valence-electron chi connectivity index (χ0n) is 20.8. The fraction of sp³-hybridized carbons (Fsp3) is 0.200. The van der Waals surface area contributed by atoms with Crippen molar-refractivity contribution in [1.82, 2.24) is 15.0 Å². The Morgan fingerprint density at radius 3 is 2.30 bits per heavy atom. The van der Waals surface area contributed by atoms with Gasteiger partial charge in [-0.1, -0.05) is 62.4 Å². The van der Waals surface area contributed by atoms with Crippen LogP contribution in [0.15, 0.2) is 78.9 Å². The molecule has 0 amide bonds. The molecular formula is C30H28N4O2S. The van der Waals surface area contributed by atoms with Gasteiger partial charge in [-0.3, -0.25) is 4.79 Å². The van der Waals surface area contributed by atoms with Gasteiger partial charge in [0.25, 0.3) is 0 Å². The molecule has 5 rings (SSSR count). The average Bonchev–Trinajstić information content (AvgIpc) is 3.27. The fourth-order valence-electron chi connectivity index (χ4n) is 4.18. The van der Waals surface area contributed by atoms with Gasteiger partial charge in [-0.2, -0.15) is 0 Å². The second-order valence-electron chi connectivity index (χ2n) is 9.40. The number of nitrogens with zero attached hydrogens (tertiary/aromatic N) is 3. The van der Waals surface area contributed by atoms with Crippen LogP contribution in [0.5, 0.6) is 0 Å². The molecule has 0 fully saturated rings. The Hall–Kier alpha value is -4.10. The first-order chi connectivity index (χ1) is 17.9. The Bertz CT molecular complexity index is 1530. The van der Waals surface area contributed by atoms with Crippen LogP contribution in [0.3, 0.4) is 0 Å². The lowest BCUT2D eigenvalue weighted by Gasteiger charge is -2.10. The monoisotopic (exact) mass is 508 g/mol. The van der Waals surface area contributed by atoms with Crippen molar-refractivity contribution in [2.24, 2.45) is 0 Å². The summed E-state index contributed by atoms with van der Waals surface area (Å²) in [5.41, 5.74) is 6.88. The molecule has 2 aromatic heterocycles. The molecule has 0 unspecified atom stereocenters. The number of carbonyl (C=O) groups is 1. The molecule has 0 atom stereocenters. The summed E-state index contributed by atoms with van der Waals surface area (Å²) in [5, 5.41) is 13.3. The molecule has 37 heavy (non-hydrogen) atoms. The number of anilines is 2.